The van der Waals surface area contributed by atoms with Crippen LogP contribution in [0, 0.1) is 0 Å². The summed E-state index contributed by atoms with van der Waals surface area (Å²) in [6.07, 6.45) is 3.30. The predicted molar refractivity (Wildman–Crippen MR) is 95.3 cm³/mol. The van der Waals surface area contributed by atoms with Crippen LogP contribution < -0.4 is 0 Å². The quantitative estimate of drug-likeness (QED) is 0.585. The lowest BCUT2D eigenvalue weighted by molar-refractivity contribution is -0.148. The van der Waals surface area contributed by atoms with E-state index in [9.17, 15) is 4.79 Å². The molecule has 23 heavy (non-hydrogen) atoms. The largest absolute Gasteiger partial charge is 0.457 e. The maximum atomic E-state index is 11.9. The molecule has 0 radical (unpaired) electrons. The minimum Gasteiger partial charge on any atom is -0.457 e. The Morgan fingerprint density at radius 2 is 1.74 bits per heavy atom. The summed E-state index contributed by atoms with van der Waals surface area (Å²) < 4.78 is 5.33. The Labute approximate surface area is 138 Å². The smallest absolute Gasteiger partial charge is 0.331 e. The van der Waals surface area contributed by atoms with Gasteiger partial charge in [0, 0.05) is 22.6 Å². The van der Waals surface area contributed by atoms with Crippen molar-refractivity contribution in [2.24, 2.45) is 0 Å². The second-order valence-corrected chi connectivity index (χ2v) is 7.73. The fourth-order valence-corrected chi connectivity index (χ4v) is 2.22. The van der Waals surface area contributed by atoms with E-state index in [0.717, 1.165) is 22.2 Å². The first kappa shape index (κ1) is 17.2. The van der Waals surface area contributed by atoms with Crippen LogP contribution >= 0.6 is 0 Å². The van der Waals surface area contributed by atoms with Crippen LogP contribution in [-0.2, 0) is 14.9 Å². The molecule has 3 heteroatoms. The van der Waals surface area contributed by atoms with E-state index < -0.39 is 5.60 Å². The molecule has 0 aliphatic heterocycles. The number of para-hydroxylation sites is 1. The minimum atomic E-state index is -0.488. The third kappa shape index (κ3) is 4.65. The topological polar surface area (TPSA) is 39.2 Å². The Bertz CT molecular complexity index is 746. The van der Waals surface area contributed by atoms with Gasteiger partial charge in [-0.1, -0.05) is 39.0 Å². The molecule has 122 valence electrons. The van der Waals surface area contributed by atoms with Crippen molar-refractivity contribution in [1.82, 2.24) is 4.98 Å². The fourth-order valence-electron chi connectivity index (χ4n) is 2.22. The summed E-state index contributed by atoms with van der Waals surface area (Å²) in [5.41, 5.74) is 2.37. The highest BCUT2D eigenvalue weighted by molar-refractivity contribution is 5.93. The second-order valence-electron chi connectivity index (χ2n) is 7.73. The number of hydrogen-bond donors (Lipinski definition) is 0. The lowest BCUT2D eigenvalue weighted by Crippen LogP contribution is -2.22. The molecule has 2 rings (SSSR count). The van der Waals surface area contributed by atoms with Gasteiger partial charge in [-0.2, -0.15) is 0 Å². The second kappa shape index (κ2) is 6.15. The van der Waals surface area contributed by atoms with Crippen LogP contribution in [-0.4, -0.2) is 16.6 Å². The van der Waals surface area contributed by atoms with Crippen molar-refractivity contribution < 1.29 is 9.53 Å². The van der Waals surface area contributed by atoms with E-state index in [0.29, 0.717) is 0 Å². The Morgan fingerprint density at radius 1 is 1.09 bits per heavy atom. The van der Waals surface area contributed by atoms with E-state index in [-0.39, 0.29) is 11.4 Å². The van der Waals surface area contributed by atoms with Gasteiger partial charge in [-0.05, 0) is 44.5 Å². The molecule has 0 saturated heterocycles. The van der Waals surface area contributed by atoms with Crippen LogP contribution in [0.1, 0.15) is 52.8 Å². The maximum Gasteiger partial charge on any atom is 0.331 e. The standard InChI is InChI=1S/C20H25NO2/c1-19(2,3)17-13-14(11-12-18(22)23-20(4,5)6)15-9-7-8-10-16(15)21-17/h7-13H,1-6H3/b12-11+. The normalized spacial score (nSPS) is 12.8. The van der Waals surface area contributed by atoms with Crippen molar-refractivity contribution >= 4 is 22.9 Å². The van der Waals surface area contributed by atoms with E-state index in [1.807, 2.05) is 57.2 Å². The minimum absolute atomic E-state index is 0.0570. The van der Waals surface area contributed by atoms with Crippen molar-refractivity contribution in [3.05, 3.63) is 47.7 Å². The maximum absolute atomic E-state index is 11.9. The van der Waals surface area contributed by atoms with E-state index in [1.165, 1.54) is 6.08 Å². The molecule has 0 bridgehead atoms. The number of pyridine rings is 1. The summed E-state index contributed by atoms with van der Waals surface area (Å²) >= 11 is 0. The van der Waals surface area contributed by atoms with E-state index in [4.69, 9.17) is 9.72 Å². The molecule has 2 aromatic rings. The summed E-state index contributed by atoms with van der Waals surface area (Å²) in [4.78, 5) is 16.7. The molecule has 1 heterocycles. The number of fused-ring (bicyclic) bond motifs is 1. The first-order valence-corrected chi connectivity index (χ1v) is 7.87. The molecule has 0 fully saturated rings. The van der Waals surface area contributed by atoms with Gasteiger partial charge in [0.1, 0.15) is 5.60 Å². The van der Waals surface area contributed by atoms with Crippen molar-refractivity contribution in [2.75, 3.05) is 0 Å². The molecule has 1 aromatic heterocycles. The summed E-state index contributed by atoms with van der Waals surface area (Å²) in [6, 6.07) is 10.0. The molecular formula is C20H25NO2. The van der Waals surface area contributed by atoms with E-state index in [1.54, 1.807) is 0 Å². The molecule has 0 saturated carbocycles. The number of ether oxygens (including phenoxy) is 1. The fraction of sp³-hybridized carbons (Fsp3) is 0.400. The van der Waals surface area contributed by atoms with Gasteiger partial charge < -0.3 is 4.74 Å². The van der Waals surface area contributed by atoms with Gasteiger partial charge in [0.15, 0.2) is 0 Å². The first-order chi connectivity index (χ1) is 10.6. The summed E-state index contributed by atoms with van der Waals surface area (Å²) in [6.45, 7) is 12.0. The summed E-state index contributed by atoms with van der Waals surface area (Å²) in [5, 5.41) is 1.03. The highest BCUT2D eigenvalue weighted by atomic mass is 16.6. The highest BCUT2D eigenvalue weighted by Crippen LogP contribution is 2.27. The summed E-state index contributed by atoms with van der Waals surface area (Å²) in [5.74, 6) is -0.337. The van der Waals surface area contributed by atoms with Crippen molar-refractivity contribution in [1.29, 1.82) is 0 Å². The van der Waals surface area contributed by atoms with Gasteiger partial charge in [0.05, 0.1) is 5.52 Å². The highest BCUT2D eigenvalue weighted by Gasteiger charge is 2.18. The molecule has 0 spiro atoms. The Hall–Kier alpha value is -2.16. The van der Waals surface area contributed by atoms with Gasteiger partial charge >= 0.3 is 5.97 Å². The number of aromatic nitrogens is 1. The third-order valence-corrected chi connectivity index (χ3v) is 3.32. The number of benzene rings is 1. The van der Waals surface area contributed by atoms with Gasteiger partial charge in [-0.25, -0.2) is 4.79 Å². The number of esters is 1. The molecule has 1 aromatic carbocycles. The number of carbonyl (C=O) groups is 1. The zero-order valence-electron chi connectivity index (χ0n) is 14.8. The monoisotopic (exact) mass is 311 g/mol. The Morgan fingerprint density at radius 3 is 2.35 bits per heavy atom. The van der Waals surface area contributed by atoms with Gasteiger partial charge in [0.2, 0.25) is 0 Å². The first-order valence-electron chi connectivity index (χ1n) is 7.87. The van der Waals surface area contributed by atoms with Gasteiger partial charge in [0.25, 0.3) is 0 Å². The van der Waals surface area contributed by atoms with Crippen LogP contribution in [0.25, 0.3) is 17.0 Å². The van der Waals surface area contributed by atoms with Crippen LogP contribution in [0.15, 0.2) is 36.4 Å². The zero-order valence-corrected chi connectivity index (χ0v) is 14.8. The Balaban J connectivity index is 2.45. The van der Waals surface area contributed by atoms with Crippen LogP contribution in [0.2, 0.25) is 0 Å². The van der Waals surface area contributed by atoms with E-state index in [2.05, 4.69) is 20.8 Å². The molecule has 3 nitrogen and oxygen atoms in total. The number of carbonyl (C=O) groups excluding carboxylic acids is 1. The van der Waals surface area contributed by atoms with Crippen LogP contribution in [0.3, 0.4) is 0 Å². The molecule has 0 aliphatic carbocycles. The lowest BCUT2D eigenvalue weighted by atomic mass is 9.90. The zero-order chi connectivity index (χ0) is 17.3. The van der Waals surface area contributed by atoms with Gasteiger partial charge in [-0.3, -0.25) is 4.98 Å². The average molecular weight is 311 g/mol. The summed E-state index contributed by atoms with van der Waals surface area (Å²) in [7, 11) is 0. The number of rotatable bonds is 2. The van der Waals surface area contributed by atoms with Gasteiger partial charge in [-0.15, -0.1) is 0 Å². The van der Waals surface area contributed by atoms with Crippen LogP contribution in [0.4, 0.5) is 0 Å². The SMILES string of the molecule is CC(C)(C)OC(=O)/C=C/c1cc(C(C)(C)C)nc2ccccc12. The number of hydrogen-bond acceptors (Lipinski definition) is 3. The Kier molecular flexibility index (Phi) is 4.60. The van der Waals surface area contributed by atoms with Crippen molar-refractivity contribution in [2.45, 2.75) is 52.6 Å². The molecule has 0 aliphatic rings. The average Bonchev–Trinajstić information content (AvgIpc) is 2.41. The third-order valence-electron chi connectivity index (χ3n) is 3.32. The van der Waals surface area contributed by atoms with Crippen molar-refractivity contribution in [3.63, 3.8) is 0 Å². The van der Waals surface area contributed by atoms with Crippen LogP contribution in [0.5, 0.6) is 0 Å². The molecule has 0 atom stereocenters. The number of nitrogens with zero attached hydrogens (tertiary/aromatic N) is 1. The van der Waals surface area contributed by atoms with Crippen molar-refractivity contribution in [3.8, 4) is 0 Å². The molecule has 0 unspecified atom stereocenters. The predicted octanol–water partition coefficient (Wildman–Crippen LogP) is 4.89. The molecule has 0 N–H and O–H groups in total. The molecular weight excluding hydrogens is 286 g/mol. The van der Waals surface area contributed by atoms with E-state index >= 15 is 0 Å². The lowest BCUT2D eigenvalue weighted by Gasteiger charge is -2.19. The molecule has 0 amide bonds.